The van der Waals surface area contributed by atoms with Crippen LogP contribution in [0.5, 0.6) is 0 Å². The second kappa shape index (κ2) is 5.23. The Morgan fingerprint density at radius 2 is 2.24 bits per heavy atom. The Morgan fingerprint density at radius 1 is 1.48 bits per heavy atom. The van der Waals surface area contributed by atoms with Crippen molar-refractivity contribution in [3.63, 3.8) is 0 Å². The Labute approximate surface area is 128 Å². The van der Waals surface area contributed by atoms with Crippen LogP contribution in [0.2, 0.25) is 0 Å². The first kappa shape index (κ1) is 14.7. The number of hydrogen-bond donors (Lipinski definition) is 0. The number of aryl methyl sites for hydroxylation is 2. The summed E-state index contributed by atoms with van der Waals surface area (Å²) >= 11 is 1.71. The quantitative estimate of drug-likeness (QED) is 0.869. The topological polar surface area (TPSA) is 63.4 Å². The maximum atomic E-state index is 13.0. The summed E-state index contributed by atoms with van der Waals surface area (Å²) in [6.45, 7) is 5.85. The molecule has 21 heavy (non-hydrogen) atoms. The Bertz CT molecular complexity index is 742. The van der Waals surface area contributed by atoms with Crippen LogP contribution in [0.25, 0.3) is 0 Å². The molecule has 0 saturated carbocycles. The molecule has 0 bridgehead atoms. The van der Waals surface area contributed by atoms with Crippen LogP contribution < -0.4 is 0 Å². The van der Waals surface area contributed by atoms with Gasteiger partial charge in [0, 0.05) is 11.4 Å². The minimum absolute atomic E-state index is 0.0984. The van der Waals surface area contributed by atoms with E-state index in [0.717, 1.165) is 18.4 Å². The summed E-state index contributed by atoms with van der Waals surface area (Å²) in [6.07, 6.45) is 1.53. The third-order valence-electron chi connectivity index (χ3n) is 3.97. The van der Waals surface area contributed by atoms with E-state index in [9.17, 15) is 8.42 Å². The van der Waals surface area contributed by atoms with Crippen molar-refractivity contribution in [2.75, 3.05) is 6.54 Å². The van der Waals surface area contributed by atoms with E-state index in [-0.39, 0.29) is 10.9 Å². The molecule has 1 aliphatic rings. The smallest absolute Gasteiger partial charge is 0.249 e. The summed E-state index contributed by atoms with van der Waals surface area (Å²) < 4.78 is 32.7. The van der Waals surface area contributed by atoms with Crippen molar-refractivity contribution in [1.82, 2.24) is 9.46 Å². The molecule has 0 radical (unpaired) electrons. The van der Waals surface area contributed by atoms with Gasteiger partial charge in [-0.15, -0.1) is 11.3 Å². The normalized spacial score (nSPS) is 19.7. The van der Waals surface area contributed by atoms with Gasteiger partial charge in [0.2, 0.25) is 10.0 Å². The predicted molar refractivity (Wildman–Crippen MR) is 80.9 cm³/mol. The number of fused-ring (bicyclic) bond motifs is 1. The zero-order chi connectivity index (χ0) is 15.2. The van der Waals surface area contributed by atoms with Crippen molar-refractivity contribution in [3.8, 4) is 0 Å². The van der Waals surface area contributed by atoms with Gasteiger partial charge in [0.1, 0.15) is 10.6 Å². The van der Waals surface area contributed by atoms with Crippen molar-refractivity contribution in [3.05, 3.63) is 33.3 Å². The second-order valence-electron chi connectivity index (χ2n) is 5.24. The molecule has 1 aliphatic heterocycles. The monoisotopic (exact) mass is 326 g/mol. The second-order valence-corrected chi connectivity index (χ2v) is 8.07. The lowest BCUT2D eigenvalue weighted by molar-refractivity contribution is 0.302. The average molecular weight is 326 g/mol. The molecule has 0 amide bonds. The molecule has 0 aliphatic carbocycles. The number of aromatic nitrogens is 1. The van der Waals surface area contributed by atoms with Crippen molar-refractivity contribution >= 4 is 21.4 Å². The lowest BCUT2D eigenvalue weighted by Gasteiger charge is -2.34. The van der Waals surface area contributed by atoms with Gasteiger partial charge in [0.15, 0.2) is 5.76 Å². The van der Waals surface area contributed by atoms with Gasteiger partial charge in [-0.25, -0.2) is 8.42 Å². The lowest BCUT2D eigenvalue weighted by atomic mass is 10.0. The van der Waals surface area contributed by atoms with Crippen LogP contribution in [0, 0.1) is 13.8 Å². The zero-order valence-corrected chi connectivity index (χ0v) is 13.9. The van der Waals surface area contributed by atoms with Crippen LogP contribution in [0.15, 0.2) is 20.9 Å². The highest BCUT2D eigenvalue weighted by molar-refractivity contribution is 7.89. The molecule has 7 heteroatoms. The van der Waals surface area contributed by atoms with Gasteiger partial charge in [-0.2, -0.15) is 4.31 Å². The van der Waals surface area contributed by atoms with Crippen molar-refractivity contribution in [2.45, 2.75) is 44.6 Å². The molecular formula is C14H18N2O3S2. The maximum absolute atomic E-state index is 13.0. The molecule has 1 atom stereocenters. The van der Waals surface area contributed by atoms with Gasteiger partial charge in [-0.1, -0.05) is 12.1 Å². The fourth-order valence-electron chi connectivity index (χ4n) is 3.04. The van der Waals surface area contributed by atoms with Crippen molar-refractivity contribution in [1.29, 1.82) is 0 Å². The highest BCUT2D eigenvalue weighted by atomic mass is 32.2. The molecule has 0 fully saturated rings. The van der Waals surface area contributed by atoms with Crippen LogP contribution in [-0.2, 0) is 16.4 Å². The van der Waals surface area contributed by atoms with E-state index in [0.29, 0.717) is 18.0 Å². The standard InChI is InChI=1S/C14H18N2O3S2/c1-4-12-11-6-8-20-13(11)5-7-16(12)21(17,18)14-9(2)15-19-10(14)3/h6,8,12H,4-5,7H2,1-3H3/t12-/m0/s1. The lowest BCUT2D eigenvalue weighted by Crippen LogP contribution is -2.39. The van der Waals surface area contributed by atoms with Gasteiger partial charge in [0.25, 0.3) is 0 Å². The predicted octanol–water partition coefficient (Wildman–Crippen LogP) is 3.05. The van der Waals surface area contributed by atoms with Crippen LogP contribution in [0.3, 0.4) is 0 Å². The Morgan fingerprint density at radius 3 is 2.86 bits per heavy atom. The molecule has 2 aromatic heterocycles. The Balaban J connectivity index is 2.08. The molecule has 3 heterocycles. The summed E-state index contributed by atoms with van der Waals surface area (Å²) in [6, 6.07) is 1.95. The summed E-state index contributed by atoms with van der Waals surface area (Å²) in [5.41, 5.74) is 1.57. The minimum Gasteiger partial charge on any atom is -0.360 e. The first-order valence-electron chi connectivity index (χ1n) is 6.97. The molecule has 0 N–H and O–H groups in total. The van der Waals surface area contributed by atoms with Crippen LogP contribution in [0.4, 0.5) is 0 Å². The van der Waals surface area contributed by atoms with E-state index < -0.39 is 10.0 Å². The van der Waals surface area contributed by atoms with Gasteiger partial charge >= 0.3 is 0 Å². The molecule has 0 aromatic carbocycles. The average Bonchev–Trinajstić information content (AvgIpc) is 3.04. The maximum Gasteiger partial charge on any atom is 0.249 e. The largest absolute Gasteiger partial charge is 0.360 e. The van der Waals surface area contributed by atoms with E-state index in [4.69, 9.17) is 4.52 Å². The van der Waals surface area contributed by atoms with Crippen LogP contribution in [-0.4, -0.2) is 24.4 Å². The summed E-state index contributed by atoms with van der Waals surface area (Å²) in [4.78, 5) is 1.52. The SMILES string of the molecule is CC[C@H]1c2ccsc2CCN1S(=O)(=O)c1c(C)noc1C. The highest BCUT2D eigenvalue weighted by Crippen LogP contribution is 2.39. The van der Waals surface area contributed by atoms with Crippen molar-refractivity contribution < 1.29 is 12.9 Å². The van der Waals surface area contributed by atoms with E-state index in [2.05, 4.69) is 5.16 Å². The van der Waals surface area contributed by atoms with Crippen LogP contribution in [0.1, 0.15) is 41.3 Å². The number of rotatable bonds is 3. The summed E-state index contributed by atoms with van der Waals surface area (Å²) in [5, 5.41) is 5.82. The van der Waals surface area contributed by atoms with E-state index in [1.54, 1.807) is 29.5 Å². The van der Waals surface area contributed by atoms with Crippen molar-refractivity contribution in [2.24, 2.45) is 0 Å². The molecular weight excluding hydrogens is 308 g/mol. The third-order valence-corrected chi connectivity index (χ3v) is 7.12. The highest BCUT2D eigenvalue weighted by Gasteiger charge is 2.38. The molecule has 5 nitrogen and oxygen atoms in total. The Kier molecular flexibility index (Phi) is 3.67. The van der Waals surface area contributed by atoms with Gasteiger partial charge in [-0.05, 0) is 43.7 Å². The van der Waals surface area contributed by atoms with Crippen LogP contribution >= 0.6 is 11.3 Å². The number of thiophene rings is 1. The molecule has 2 aromatic rings. The summed E-state index contributed by atoms with van der Waals surface area (Å²) in [7, 11) is -3.58. The number of hydrogen-bond acceptors (Lipinski definition) is 5. The summed E-state index contributed by atoms with van der Waals surface area (Å²) in [5.74, 6) is 0.360. The van der Waals surface area contributed by atoms with E-state index in [1.165, 1.54) is 4.88 Å². The minimum atomic E-state index is -3.58. The fourth-order valence-corrected chi connectivity index (χ4v) is 5.95. The molecule has 3 rings (SSSR count). The number of nitrogens with zero attached hydrogens (tertiary/aromatic N) is 2. The molecule has 0 unspecified atom stereocenters. The molecule has 0 saturated heterocycles. The van der Waals surface area contributed by atoms with Gasteiger partial charge in [-0.3, -0.25) is 0 Å². The van der Waals surface area contributed by atoms with Gasteiger partial charge in [0.05, 0.1) is 6.04 Å². The van der Waals surface area contributed by atoms with E-state index >= 15 is 0 Å². The first-order chi connectivity index (χ1) is 9.96. The molecule has 0 spiro atoms. The van der Waals surface area contributed by atoms with Gasteiger partial charge < -0.3 is 4.52 Å². The number of sulfonamides is 1. The third kappa shape index (κ3) is 2.23. The molecule has 114 valence electrons. The fraction of sp³-hybridized carbons (Fsp3) is 0.500. The van der Waals surface area contributed by atoms with E-state index in [1.807, 2.05) is 18.4 Å². The zero-order valence-electron chi connectivity index (χ0n) is 12.3. The first-order valence-corrected chi connectivity index (χ1v) is 9.29. The Hall–Kier alpha value is -1.18.